The van der Waals surface area contributed by atoms with Crippen LogP contribution in [0.25, 0.3) is 0 Å². The van der Waals surface area contributed by atoms with Crippen LogP contribution >= 0.6 is 0 Å². The van der Waals surface area contributed by atoms with E-state index in [0.29, 0.717) is 12.3 Å². The molecule has 0 spiro atoms. The third-order valence-electron chi connectivity index (χ3n) is 3.40. The molecular formula is C15H30NiO2. The molecule has 112 valence electrons. The first kappa shape index (κ1) is 20.3. The zero-order chi connectivity index (χ0) is 12.9. The topological polar surface area (TPSA) is 37.3 Å². The molecule has 1 atom stereocenters. The third-order valence-corrected chi connectivity index (χ3v) is 3.40. The SMILES string of the molecule is CCCCCCCC(CCCCC)CC(=O)O.[Ni]. The van der Waals surface area contributed by atoms with E-state index in [-0.39, 0.29) is 16.5 Å². The zero-order valence-corrected chi connectivity index (χ0v) is 13.0. The van der Waals surface area contributed by atoms with Gasteiger partial charge in [-0.25, -0.2) is 0 Å². The molecule has 0 saturated heterocycles. The van der Waals surface area contributed by atoms with E-state index >= 15 is 0 Å². The molecule has 0 aromatic carbocycles. The Morgan fingerprint density at radius 3 is 1.83 bits per heavy atom. The van der Waals surface area contributed by atoms with Gasteiger partial charge in [0.25, 0.3) is 0 Å². The fourth-order valence-corrected chi connectivity index (χ4v) is 2.31. The number of hydrogen-bond donors (Lipinski definition) is 1. The van der Waals surface area contributed by atoms with E-state index in [2.05, 4.69) is 13.8 Å². The van der Waals surface area contributed by atoms with Crippen molar-refractivity contribution in [1.82, 2.24) is 0 Å². The molecule has 1 N–H and O–H groups in total. The molecule has 0 heterocycles. The minimum Gasteiger partial charge on any atom is -0.481 e. The maximum Gasteiger partial charge on any atom is 0.303 e. The fourth-order valence-electron chi connectivity index (χ4n) is 2.31. The third kappa shape index (κ3) is 14.0. The Kier molecular flexibility index (Phi) is 16.9. The van der Waals surface area contributed by atoms with Crippen molar-refractivity contribution in [2.75, 3.05) is 0 Å². The number of aliphatic carboxylic acids is 1. The van der Waals surface area contributed by atoms with E-state index in [1.54, 1.807) is 0 Å². The van der Waals surface area contributed by atoms with Crippen molar-refractivity contribution < 1.29 is 26.4 Å². The van der Waals surface area contributed by atoms with Crippen LogP contribution in [0.3, 0.4) is 0 Å². The van der Waals surface area contributed by atoms with Crippen LogP contribution in [-0.4, -0.2) is 11.1 Å². The number of carbonyl (C=O) groups is 1. The quantitative estimate of drug-likeness (QED) is 0.406. The van der Waals surface area contributed by atoms with Gasteiger partial charge in [-0.1, -0.05) is 65.2 Å². The number of rotatable bonds is 12. The van der Waals surface area contributed by atoms with Gasteiger partial charge in [0.1, 0.15) is 0 Å². The first-order valence-electron chi connectivity index (χ1n) is 7.42. The summed E-state index contributed by atoms with van der Waals surface area (Å²) < 4.78 is 0. The molecule has 18 heavy (non-hydrogen) atoms. The molecule has 0 saturated carbocycles. The van der Waals surface area contributed by atoms with Gasteiger partial charge in [-0.3, -0.25) is 4.79 Å². The molecule has 0 aromatic rings. The van der Waals surface area contributed by atoms with Crippen LogP contribution < -0.4 is 0 Å². The molecule has 0 aromatic heterocycles. The van der Waals surface area contributed by atoms with Crippen LogP contribution in [0.2, 0.25) is 0 Å². The van der Waals surface area contributed by atoms with Crippen molar-refractivity contribution in [1.29, 1.82) is 0 Å². The summed E-state index contributed by atoms with van der Waals surface area (Å²) in [5, 5.41) is 8.88. The molecule has 0 radical (unpaired) electrons. The summed E-state index contributed by atoms with van der Waals surface area (Å²) in [4.78, 5) is 10.8. The van der Waals surface area contributed by atoms with E-state index in [4.69, 9.17) is 5.11 Å². The summed E-state index contributed by atoms with van der Waals surface area (Å²) in [6.45, 7) is 4.41. The molecule has 0 aliphatic heterocycles. The van der Waals surface area contributed by atoms with Gasteiger partial charge in [-0.15, -0.1) is 0 Å². The molecule has 0 amide bonds. The molecule has 2 nitrogen and oxygen atoms in total. The minimum absolute atomic E-state index is 0. The van der Waals surface area contributed by atoms with E-state index < -0.39 is 5.97 Å². The number of hydrogen-bond acceptors (Lipinski definition) is 1. The van der Waals surface area contributed by atoms with Gasteiger partial charge in [-0.2, -0.15) is 0 Å². The number of unbranched alkanes of at least 4 members (excludes halogenated alkanes) is 6. The standard InChI is InChI=1S/C15H30O2.Ni/c1-3-5-7-8-10-12-14(13-15(16)17)11-9-6-4-2;/h14H,3-13H2,1-2H3,(H,16,17);. The molecule has 0 rings (SSSR count). The number of carboxylic acids is 1. The van der Waals surface area contributed by atoms with Gasteiger partial charge in [-0.05, 0) is 18.8 Å². The predicted molar refractivity (Wildman–Crippen MR) is 73.3 cm³/mol. The monoisotopic (exact) mass is 300 g/mol. The molecule has 1 unspecified atom stereocenters. The molecule has 0 bridgehead atoms. The van der Waals surface area contributed by atoms with E-state index in [9.17, 15) is 4.79 Å². The summed E-state index contributed by atoms with van der Waals surface area (Å²) >= 11 is 0. The summed E-state index contributed by atoms with van der Waals surface area (Å²) in [5.74, 6) is -0.208. The Morgan fingerprint density at radius 1 is 0.889 bits per heavy atom. The maximum absolute atomic E-state index is 10.8. The summed E-state index contributed by atoms with van der Waals surface area (Å²) in [5.41, 5.74) is 0. The molecule has 3 heteroatoms. The average Bonchev–Trinajstić information content (AvgIpc) is 2.28. The van der Waals surface area contributed by atoms with Gasteiger partial charge in [0.2, 0.25) is 0 Å². The normalized spacial score (nSPS) is 11.9. The maximum atomic E-state index is 10.8. The largest absolute Gasteiger partial charge is 0.481 e. The summed E-state index contributed by atoms with van der Waals surface area (Å²) in [6, 6.07) is 0. The Morgan fingerprint density at radius 2 is 1.33 bits per heavy atom. The Balaban J connectivity index is 0. The van der Waals surface area contributed by atoms with Crippen molar-refractivity contribution in [3.8, 4) is 0 Å². The second-order valence-corrected chi connectivity index (χ2v) is 5.16. The summed E-state index contributed by atoms with van der Waals surface area (Å²) in [6.07, 6.45) is 12.6. The van der Waals surface area contributed by atoms with E-state index in [0.717, 1.165) is 12.8 Å². The van der Waals surface area contributed by atoms with Crippen molar-refractivity contribution >= 4 is 5.97 Å². The predicted octanol–water partition coefficient (Wildman–Crippen LogP) is 5.02. The fraction of sp³-hybridized carbons (Fsp3) is 0.933. The number of carboxylic acid groups (broad SMARTS) is 1. The zero-order valence-electron chi connectivity index (χ0n) is 12.0. The van der Waals surface area contributed by atoms with Crippen molar-refractivity contribution in [2.45, 2.75) is 84.5 Å². The van der Waals surface area contributed by atoms with Gasteiger partial charge >= 0.3 is 5.97 Å². The molecule has 0 fully saturated rings. The smallest absolute Gasteiger partial charge is 0.303 e. The van der Waals surface area contributed by atoms with Gasteiger partial charge in [0.05, 0.1) is 0 Å². The Hall–Kier alpha value is -0.0365. The van der Waals surface area contributed by atoms with Crippen LogP contribution in [-0.2, 0) is 21.3 Å². The van der Waals surface area contributed by atoms with Gasteiger partial charge in [0, 0.05) is 22.9 Å². The minimum atomic E-state index is -0.625. The van der Waals surface area contributed by atoms with Crippen LogP contribution in [0, 0.1) is 5.92 Å². The second kappa shape index (κ2) is 15.0. The van der Waals surface area contributed by atoms with Crippen LogP contribution in [0.5, 0.6) is 0 Å². The molecular weight excluding hydrogens is 271 g/mol. The molecule has 0 aliphatic rings. The summed E-state index contributed by atoms with van der Waals surface area (Å²) in [7, 11) is 0. The van der Waals surface area contributed by atoms with Crippen LogP contribution in [0.4, 0.5) is 0 Å². The van der Waals surface area contributed by atoms with E-state index in [1.165, 1.54) is 51.4 Å². The van der Waals surface area contributed by atoms with Crippen LogP contribution in [0.15, 0.2) is 0 Å². The van der Waals surface area contributed by atoms with Gasteiger partial charge < -0.3 is 5.11 Å². The van der Waals surface area contributed by atoms with Crippen molar-refractivity contribution in [3.05, 3.63) is 0 Å². The Bertz CT molecular complexity index is 183. The molecule has 0 aliphatic carbocycles. The van der Waals surface area contributed by atoms with Gasteiger partial charge in [0.15, 0.2) is 0 Å². The van der Waals surface area contributed by atoms with Crippen molar-refractivity contribution in [2.24, 2.45) is 5.92 Å². The Labute approximate surface area is 123 Å². The first-order chi connectivity index (χ1) is 8.20. The first-order valence-corrected chi connectivity index (χ1v) is 7.42. The van der Waals surface area contributed by atoms with Crippen molar-refractivity contribution in [3.63, 3.8) is 0 Å². The van der Waals surface area contributed by atoms with Crippen LogP contribution in [0.1, 0.15) is 84.5 Å². The average molecular weight is 301 g/mol. The second-order valence-electron chi connectivity index (χ2n) is 5.16. The van der Waals surface area contributed by atoms with E-state index in [1.807, 2.05) is 0 Å².